The fourth-order valence-corrected chi connectivity index (χ4v) is 4.52. The molecule has 0 spiro atoms. The van der Waals surface area contributed by atoms with Crippen LogP contribution in [-0.2, 0) is 13.6 Å². The lowest BCUT2D eigenvalue weighted by Crippen LogP contribution is -2.15. The van der Waals surface area contributed by atoms with Gasteiger partial charge in [0.1, 0.15) is 5.30 Å². The summed E-state index contributed by atoms with van der Waals surface area (Å²) >= 11 is 0. The van der Waals surface area contributed by atoms with Crippen LogP contribution in [0.1, 0.15) is 40.5 Å². The molecule has 0 aliphatic heterocycles. The molecule has 2 aromatic rings. The monoisotopic (exact) mass is 437 g/mol. The second-order valence-electron chi connectivity index (χ2n) is 6.39. The average molecular weight is 437 g/mol. The van der Waals surface area contributed by atoms with E-state index in [0.29, 0.717) is 35.7 Å². The molecule has 0 amide bonds. The van der Waals surface area contributed by atoms with Gasteiger partial charge in [-0.2, -0.15) is 0 Å². The summed E-state index contributed by atoms with van der Waals surface area (Å²) in [5, 5.41) is 0.298. The van der Waals surface area contributed by atoms with E-state index in [2.05, 4.69) is 11.9 Å². The highest BCUT2D eigenvalue weighted by Gasteiger charge is 2.32. The third-order valence-electron chi connectivity index (χ3n) is 4.09. The Hall–Kier alpha value is -2.08. The molecule has 30 heavy (non-hydrogen) atoms. The van der Waals surface area contributed by atoms with Crippen LogP contribution in [0.25, 0.3) is 11.3 Å². The topological polar surface area (TPSA) is 76.1 Å². The molecule has 7 nitrogen and oxygen atoms in total. The first kappa shape index (κ1) is 24.2. The number of hydrogen-bond acceptors (Lipinski definition) is 7. The lowest BCUT2D eigenvalue weighted by atomic mass is 10.1. The molecule has 0 aliphatic carbocycles. The summed E-state index contributed by atoms with van der Waals surface area (Å²) in [5.41, 5.74) is 1.38. The number of para-hydroxylation sites is 1. The van der Waals surface area contributed by atoms with Gasteiger partial charge in [0, 0.05) is 5.56 Å². The number of hydrogen-bond donors (Lipinski definition) is 0. The summed E-state index contributed by atoms with van der Waals surface area (Å²) in [5.74, 6) is 1.49. The van der Waals surface area contributed by atoms with E-state index in [-0.39, 0.29) is 19.1 Å². The quantitative estimate of drug-likeness (QED) is 0.397. The molecule has 0 N–H and O–H groups in total. The van der Waals surface area contributed by atoms with Crippen LogP contribution in [0, 0.1) is 0 Å². The van der Waals surface area contributed by atoms with E-state index in [9.17, 15) is 4.57 Å². The largest absolute Gasteiger partial charge is 0.490 e. The normalized spacial score (nSPS) is 11.4. The van der Waals surface area contributed by atoms with Crippen molar-refractivity contribution in [1.29, 1.82) is 0 Å². The first-order valence-corrected chi connectivity index (χ1v) is 11.9. The number of benzene rings is 1. The molecule has 1 aromatic heterocycles. The Morgan fingerprint density at radius 1 is 0.900 bits per heavy atom. The van der Waals surface area contributed by atoms with Gasteiger partial charge in [-0.3, -0.25) is 4.57 Å². The highest BCUT2D eigenvalue weighted by atomic mass is 31.2. The summed E-state index contributed by atoms with van der Waals surface area (Å²) in [4.78, 5) is 4.59. The molecule has 0 aliphatic rings. The second-order valence-corrected chi connectivity index (χ2v) is 8.38. The zero-order valence-electron chi connectivity index (χ0n) is 18.5. The van der Waals surface area contributed by atoms with Gasteiger partial charge in [0.05, 0.1) is 39.2 Å². The van der Waals surface area contributed by atoms with Crippen LogP contribution in [0.3, 0.4) is 0 Å². The van der Waals surface area contributed by atoms with Crippen molar-refractivity contribution in [3.63, 3.8) is 0 Å². The maximum absolute atomic E-state index is 13.2. The molecule has 0 unspecified atom stereocenters. The van der Waals surface area contributed by atoms with Gasteiger partial charge in [-0.1, -0.05) is 19.9 Å². The summed E-state index contributed by atoms with van der Waals surface area (Å²) < 4.78 is 41.4. The highest BCUT2D eigenvalue weighted by Crippen LogP contribution is 2.49. The minimum Gasteiger partial charge on any atom is -0.490 e. The zero-order chi connectivity index (χ0) is 22.0. The van der Waals surface area contributed by atoms with Gasteiger partial charge in [0.25, 0.3) is 0 Å². The molecule has 166 valence electrons. The van der Waals surface area contributed by atoms with Crippen LogP contribution in [-0.4, -0.2) is 38.5 Å². The maximum Gasteiger partial charge on any atom is 0.366 e. The molecule has 8 heteroatoms. The van der Waals surface area contributed by atoms with Gasteiger partial charge in [-0.25, -0.2) is 4.98 Å². The fourth-order valence-electron chi connectivity index (χ4n) is 2.85. The summed E-state index contributed by atoms with van der Waals surface area (Å²) in [6.45, 7) is 9.26. The Balaban J connectivity index is 2.55. The van der Waals surface area contributed by atoms with Gasteiger partial charge in [-0.05, 0) is 51.0 Å². The van der Waals surface area contributed by atoms with E-state index >= 15 is 0 Å². The molecule has 2 rings (SSSR count). The van der Waals surface area contributed by atoms with Crippen molar-refractivity contribution < 1.29 is 27.8 Å². The van der Waals surface area contributed by atoms with E-state index in [0.717, 1.165) is 18.4 Å². The van der Waals surface area contributed by atoms with Crippen molar-refractivity contribution in [3.05, 3.63) is 30.3 Å². The third-order valence-corrected chi connectivity index (χ3v) is 6.22. The Labute approximate surface area is 179 Å². The smallest absolute Gasteiger partial charge is 0.366 e. The molecule has 0 atom stereocenters. The number of nitrogens with zero attached hydrogens (tertiary/aromatic N) is 1. The zero-order valence-corrected chi connectivity index (χ0v) is 19.4. The lowest BCUT2D eigenvalue weighted by molar-refractivity contribution is 0.229. The highest BCUT2D eigenvalue weighted by molar-refractivity contribution is 7.62. The minimum absolute atomic E-state index is 0.194. The summed E-state index contributed by atoms with van der Waals surface area (Å²) in [6.07, 6.45) is 1.76. The fraction of sp³-hybridized carbons (Fsp3) is 0.500. The Bertz CT molecular complexity index is 848. The van der Waals surface area contributed by atoms with Crippen LogP contribution in [0.2, 0.25) is 0 Å². The van der Waals surface area contributed by atoms with Gasteiger partial charge in [-0.15, -0.1) is 0 Å². The van der Waals surface area contributed by atoms with Gasteiger partial charge in [0.2, 0.25) is 5.88 Å². The van der Waals surface area contributed by atoms with Crippen molar-refractivity contribution in [2.75, 3.05) is 33.5 Å². The Kier molecular flexibility index (Phi) is 9.63. The van der Waals surface area contributed by atoms with E-state index in [4.69, 9.17) is 23.3 Å². The molecule has 0 bridgehead atoms. The SMILES string of the molecule is CCCOc1cccc(-c2ccc(P(=O)(OCC)OCC)c(OC)n2)c1OCCC. The number of ether oxygens (including phenoxy) is 3. The maximum atomic E-state index is 13.2. The van der Waals surface area contributed by atoms with Crippen molar-refractivity contribution >= 4 is 12.9 Å². The van der Waals surface area contributed by atoms with Gasteiger partial charge >= 0.3 is 7.60 Å². The second kappa shape index (κ2) is 11.9. The van der Waals surface area contributed by atoms with Crippen molar-refractivity contribution in [1.82, 2.24) is 4.98 Å². The Morgan fingerprint density at radius 2 is 1.57 bits per heavy atom. The molecule has 0 saturated heterocycles. The standard InChI is InChI=1S/C22H32NO6P/c1-6-15-26-19-12-10-11-17(21(19)27-16-7-2)18-13-14-20(22(23-18)25-5)30(24,28-8-3)29-9-4/h10-14H,6-9,15-16H2,1-5H3. The number of pyridine rings is 1. The molecular weight excluding hydrogens is 405 g/mol. The van der Waals surface area contributed by atoms with Crippen LogP contribution in [0.4, 0.5) is 0 Å². The van der Waals surface area contributed by atoms with E-state index in [1.807, 2.05) is 25.1 Å². The number of aromatic nitrogens is 1. The predicted octanol–water partition coefficient (Wildman–Crippen LogP) is 5.23. The first-order valence-electron chi connectivity index (χ1n) is 10.4. The first-order chi connectivity index (χ1) is 14.5. The third kappa shape index (κ3) is 5.75. The van der Waals surface area contributed by atoms with Crippen LogP contribution in [0.15, 0.2) is 30.3 Å². The molecule has 0 fully saturated rings. The van der Waals surface area contributed by atoms with E-state index in [1.54, 1.807) is 26.0 Å². The van der Waals surface area contributed by atoms with Crippen molar-refractivity contribution in [3.8, 4) is 28.6 Å². The summed E-state index contributed by atoms with van der Waals surface area (Å²) in [7, 11) is -2.06. The molecule has 0 saturated carbocycles. The average Bonchev–Trinajstić information content (AvgIpc) is 2.76. The van der Waals surface area contributed by atoms with Crippen molar-refractivity contribution in [2.45, 2.75) is 40.5 Å². The molecular formula is C22H32NO6P. The molecule has 1 heterocycles. The lowest BCUT2D eigenvalue weighted by Gasteiger charge is -2.20. The van der Waals surface area contributed by atoms with E-state index < -0.39 is 7.60 Å². The Morgan fingerprint density at radius 3 is 2.17 bits per heavy atom. The van der Waals surface area contributed by atoms with E-state index in [1.165, 1.54) is 7.11 Å². The molecule has 1 aromatic carbocycles. The van der Waals surface area contributed by atoms with Crippen LogP contribution >= 0.6 is 7.60 Å². The number of methoxy groups -OCH3 is 1. The summed E-state index contributed by atoms with van der Waals surface area (Å²) in [6, 6.07) is 9.13. The number of rotatable bonds is 13. The van der Waals surface area contributed by atoms with Crippen molar-refractivity contribution in [2.24, 2.45) is 0 Å². The van der Waals surface area contributed by atoms with Crippen LogP contribution < -0.4 is 19.5 Å². The van der Waals surface area contributed by atoms with Gasteiger partial charge in [0.15, 0.2) is 11.5 Å². The van der Waals surface area contributed by atoms with Gasteiger partial charge < -0.3 is 23.3 Å². The molecule has 0 radical (unpaired) electrons. The van der Waals surface area contributed by atoms with Crippen LogP contribution in [0.5, 0.6) is 17.4 Å². The predicted molar refractivity (Wildman–Crippen MR) is 118 cm³/mol. The minimum atomic E-state index is -3.53.